The van der Waals surface area contributed by atoms with Crippen LogP contribution in [0.1, 0.15) is 15.9 Å². The zero-order valence-electron chi connectivity index (χ0n) is 7.53. The second-order valence-electron chi connectivity index (χ2n) is 2.91. The Balaban J connectivity index is 2.35. The van der Waals surface area contributed by atoms with Gasteiger partial charge in [-0.05, 0) is 12.1 Å². The SMILES string of the molecule is O=C(c1cc[c]cc1)c1cc[c]cc1. The van der Waals surface area contributed by atoms with Crippen LogP contribution in [0.2, 0.25) is 0 Å². The molecule has 0 amide bonds. The summed E-state index contributed by atoms with van der Waals surface area (Å²) in [5.74, 6) is 0.0352. The molecule has 2 rings (SSSR count). The van der Waals surface area contributed by atoms with Gasteiger partial charge in [0.2, 0.25) is 0 Å². The van der Waals surface area contributed by atoms with Gasteiger partial charge in [-0.2, -0.15) is 0 Å². The van der Waals surface area contributed by atoms with Gasteiger partial charge in [0.05, 0.1) is 0 Å². The molecule has 0 spiro atoms. The van der Waals surface area contributed by atoms with E-state index in [1.807, 2.05) is 0 Å². The number of carbonyl (C=O) groups is 1. The van der Waals surface area contributed by atoms with Crippen molar-refractivity contribution in [1.29, 1.82) is 0 Å². The maximum Gasteiger partial charge on any atom is 0.193 e. The minimum atomic E-state index is 0.0352. The summed E-state index contributed by atoms with van der Waals surface area (Å²) in [4.78, 5) is 11.8. The Labute approximate surface area is 83.0 Å². The number of benzene rings is 2. The van der Waals surface area contributed by atoms with Gasteiger partial charge in [0.25, 0.3) is 0 Å². The standard InChI is InChI=1S/C13H8O/c14-13(11-7-3-1-4-8-11)12-9-5-2-6-10-12/h3-10H. The lowest BCUT2D eigenvalue weighted by Crippen LogP contribution is -1.99. The number of rotatable bonds is 2. The van der Waals surface area contributed by atoms with Crippen LogP contribution in [0.4, 0.5) is 0 Å². The summed E-state index contributed by atoms with van der Waals surface area (Å²) >= 11 is 0. The van der Waals surface area contributed by atoms with Crippen LogP contribution in [0, 0.1) is 12.1 Å². The highest BCUT2D eigenvalue weighted by Gasteiger charge is 2.06. The lowest BCUT2D eigenvalue weighted by molar-refractivity contribution is 0.103. The molecule has 66 valence electrons. The number of hydrogen-bond donors (Lipinski definition) is 0. The van der Waals surface area contributed by atoms with Gasteiger partial charge in [-0.25, -0.2) is 0 Å². The van der Waals surface area contributed by atoms with Crippen molar-refractivity contribution in [2.75, 3.05) is 0 Å². The van der Waals surface area contributed by atoms with Crippen molar-refractivity contribution in [3.8, 4) is 0 Å². The Morgan fingerprint density at radius 3 is 1.50 bits per heavy atom. The first-order chi connectivity index (χ1) is 6.88. The van der Waals surface area contributed by atoms with Crippen LogP contribution in [0.5, 0.6) is 0 Å². The number of ketones is 1. The number of hydrogen-bond acceptors (Lipinski definition) is 1. The molecule has 0 saturated heterocycles. The van der Waals surface area contributed by atoms with Crippen LogP contribution < -0.4 is 0 Å². The summed E-state index contributed by atoms with van der Waals surface area (Å²) in [6.45, 7) is 0. The maximum absolute atomic E-state index is 11.8. The molecule has 1 nitrogen and oxygen atoms in total. The average Bonchev–Trinajstić information content (AvgIpc) is 2.30. The van der Waals surface area contributed by atoms with Crippen LogP contribution in [0.25, 0.3) is 0 Å². The monoisotopic (exact) mass is 180 g/mol. The Kier molecular flexibility index (Phi) is 2.41. The van der Waals surface area contributed by atoms with E-state index in [1.165, 1.54) is 0 Å². The van der Waals surface area contributed by atoms with Crippen LogP contribution in [-0.2, 0) is 0 Å². The summed E-state index contributed by atoms with van der Waals surface area (Å²) in [5, 5.41) is 0. The molecule has 2 aromatic carbocycles. The first-order valence-electron chi connectivity index (χ1n) is 4.35. The van der Waals surface area contributed by atoms with Crippen molar-refractivity contribution >= 4 is 5.78 Å². The molecule has 0 heterocycles. The van der Waals surface area contributed by atoms with Crippen molar-refractivity contribution < 1.29 is 4.79 Å². The van der Waals surface area contributed by atoms with Crippen LogP contribution in [0.3, 0.4) is 0 Å². The third-order valence-electron chi connectivity index (χ3n) is 1.96. The van der Waals surface area contributed by atoms with E-state index in [4.69, 9.17) is 0 Å². The summed E-state index contributed by atoms with van der Waals surface area (Å²) in [5.41, 5.74) is 1.38. The Hall–Kier alpha value is -1.89. The van der Waals surface area contributed by atoms with Gasteiger partial charge >= 0.3 is 0 Å². The van der Waals surface area contributed by atoms with Crippen molar-refractivity contribution in [1.82, 2.24) is 0 Å². The molecule has 0 saturated carbocycles. The van der Waals surface area contributed by atoms with Gasteiger partial charge in [0.15, 0.2) is 5.78 Å². The van der Waals surface area contributed by atoms with E-state index in [2.05, 4.69) is 12.1 Å². The molecule has 0 N–H and O–H groups in total. The van der Waals surface area contributed by atoms with E-state index in [0.717, 1.165) is 0 Å². The molecular weight excluding hydrogens is 172 g/mol. The maximum atomic E-state index is 11.8. The minimum absolute atomic E-state index is 0.0352. The molecule has 0 bridgehead atoms. The van der Waals surface area contributed by atoms with E-state index in [1.54, 1.807) is 48.5 Å². The quantitative estimate of drug-likeness (QED) is 0.649. The Bertz CT molecular complexity index is 376. The highest BCUT2D eigenvalue weighted by Crippen LogP contribution is 2.08. The van der Waals surface area contributed by atoms with E-state index in [-0.39, 0.29) is 5.78 Å². The molecule has 0 fully saturated rings. The highest BCUT2D eigenvalue weighted by atomic mass is 16.1. The van der Waals surface area contributed by atoms with Gasteiger partial charge in [-0.1, -0.05) is 48.5 Å². The predicted octanol–water partition coefficient (Wildman–Crippen LogP) is 2.52. The zero-order valence-corrected chi connectivity index (χ0v) is 7.53. The molecule has 2 aromatic rings. The van der Waals surface area contributed by atoms with E-state index >= 15 is 0 Å². The molecule has 0 aliphatic rings. The first kappa shape index (κ1) is 8.70. The minimum Gasteiger partial charge on any atom is -0.289 e. The lowest BCUT2D eigenvalue weighted by atomic mass is 10.0. The fourth-order valence-electron chi connectivity index (χ4n) is 1.24. The third-order valence-corrected chi connectivity index (χ3v) is 1.96. The van der Waals surface area contributed by atoms with Gasteiger partial charge < -0.3 is 0 Å². The molecule has 2 radical (unpaired) electrons. The average molecular weight is 180 g/mol. The van der Waals surface area contributed by atoms with Crippen molar-refractivity contribution in [3.05, 3.63) is 71.8 Å². The van der Waals surface area contributed by atoms with Gasteiger partial charge in [-0.15, -0.1) is 0 Å². The molecular formula is C13H8O. The predicted molar refractivity (Wildman–Crippen MR) is 54.0 cm³/mol. The van der Waals surface area contributed by atoms with E-state index < -0.39 is 0 Å². The molecule has 14 heavy (non-hydrogen) atoms. The Morgan fingerprint density at radius 2 is 1.14 bits per heavy atom. The lowest BCUT2D eigenvalue weighted by Gasteiger charge is -1.99. The van der Waals surface area contributed by atoms with Crippen LogP contribution in [0.15, 0.2) is 48.5 Å². The smallest absolute Gasteiger partial charge is 0.193 e. The summed E-state index contributed by atoms with van der Waals surface area (Å²) in [6.07, 6.45) is 0. The summed E-state index contributed by atoms with van der Waals surface area (Å²) in [6, 6.07) is 19.8. The van der Waals surface area contributed by atoms with Gasteiger partial charge in [0.1, 0.15) is 0 Å². The van der Waals surface area contributed by atoms with Crippen molar-refractivity contribution in [3.63, 3.8) is 0 Å². The number of carbonyl (C=O) groups excluding carboxylic acids is 1. The fourth-order valence-corrected chi connectivity index (χ4v) is 1.24. The topological polar surface area (TPSA) is 17.1 Å². The Morgan fingerprint density at radius 1 is 0.786 bits per heavy atom. The van der Waals surface area contributed by atoms with E-state index in [9.17, 15) is 4.79 Å². The summed E-state index contributed by atoms with van der Waals surface area (Å²) in [7, 11) is 0. The zero-order chi connectivity index (χ0) is 9.80. The highest BCUT2D eigenvalue weighted by molar-refractivity contribution is 6.08. The molecule has 0 atom stereocenters. The molecule has 0 aliphatic heterocycles. The second kappa shape index (κ2) is 3.88. The molecule has 1 heteroatoms. The molecule has 0 unspecified atom stereocenters. The van der Waals surface area contributed by atoms with Crippen molar-refractivity contribution in [2.45, 2.75) is 0 Å². The largest absolute Gasteiger partial charge is 0.289 e. The van der Waals surface area contributed by atoms with E-state index in [0.29, 0.717) is 11.1 Å². The molecule has 0 aliphatic carbocycles. The second-order valence-corrected chi connectivity index (χ2v) is 2.91. The van der Waals surface area contributed by atoms with Gasteiger partial charge in [0, 0.05) is 11.1 Å². The van der Waals surface area contributed by atoms with Crippen molar-refractivity contribution in [2.24, 2.45) is 0 Å². The fraction of sp³-hybridized carbons (Fsp3) is 0. The normalized spacial score (nSPS) is 9.71. The third kappa shape index (κ3) is 1.72. The first-order valence-corrected chi connectivity index (χ1v) is 4.35. The van der Waals surface area contributed by atoms with Crippen LogP contribution >= 0.6 is 0 Å². The molecule has 0 aromatic heterocycles. The van der Waals surface area contributed by atoms with Crippen LogP contribution in [-0.4, -0.2) is 5.78 Å². The van der Waals surface area contributed by atoms with Gasteiger partial charge in [-0.3, -0.25) is 4.79 Å². The summed E-state index contributed by atoms with van der Waals surface area (Å²) < 4.78 is 0.